The molecule has 144 valence electrons. The molecule has 1 amide bonds. The van der Waals surface area contributed by atoms with Crippen molar-refractivity contribution in [2.45, 2.75) is 71.1 Å². The minimum absolute atomic E-state index is 0.105. The molecule has 1 aliphatic rings. The van der Waals surface area contributed by atoms with E-state index in [-0.39, 0.29) is 18.4 Å². The number of carboxylic acids is 1. The summed E-state index contributed by atoms with van der Waals surface area (Å²) in [5, 5.41) is 9.49. The molecular formula is C20H29NO5. The number of carboxylic acid groups (broad SMARTS) is 1. The van der Waals surface area contributed by atoms with Gasteiger partial charge in [0.25, 0.3) is 0 Å². The molecule has 0 aliphatic carbocycles. The molecule has 1 N–H and O–H groups in total. The summed E-state index contributed by atoms with van der Waals surface area (Å²) < 4.78 is 11.5. The number of carbonyl (C=O) groups excluding carboxylic acids is 1. The van der Waals surface area contributed by atoms with Crippen LogP contribution in [0.25, 0.3) is 0 Å². The topological polar surface area (TPSA) is 76.1 Å². The number of hydrogen-bond donors (Lipinski definition) is 1. The van der Waals surface area contributed by atoms with Gasteiger partial charge < -0.3 is 14.6 Å². The number of ether oxygens (including phenoxy) is 2. The van der Waals surface area contributed by atoms with E-state index in [1.54, 1.807) is 20.8 Å². The Morgan fingerprint density at radius 2 is 1.73 bits per heavy atom. The first-order valence-electron chi connectivity index (χ1n) is 8.87. The second-order valence-electron chi connectivity index (χ2n) is 8.71. The van der Waals surface area contributed by atoms with Gasteiger partial charge in [0.05, 0.1) is 6.54 Å². The highest BCUT2D eigenvalue weighted by Crippen LogP contribution is 2.33. The molecule has 1 aromatic carbocycles. The van der Waals surface area contributed by atoms with Gasteiger partial charge in [0.15, 0.2) is 0 Å². The summed E-state index contributed by atoms with van der Waals surface area (Å²) in [5.41, 5.74) is 0.257. The number of hydrogen-bond acceptors (Lipinski definition) is 4. The largest absolute Gasteiger partial charge is 0.488 e. The molecule has 1 aliphatic heterocycles. The lowest BCUT2D eigenvalue weighted by molar-refractivity contribution is -0.142. The lowest BCUT2D eigenvalue weighted by Gasteiger charge is -2.27. The molecule has 2 unspecified atom stereocenters. The van der Waals surface area contributed by atoms with E-state index in [9.17, 15) is 14.7 Å². The molecule has 0 bridgehead atoms. The molecule has 2 atom stereocenters. The Hall–Kier alpha value is -2.24. The van der Waals surface area contributed by atoms with Gasteiger partial charge >= 0.3 is 12.1 Å². The van der Waals surface area contributed by atoms with Gasteiger partial charge in [-0.1, -0.05) is 39.0 Å². The molecule has 1 aromatic rings. The Labute approximate surface area is 155 Å². The molecule has 0 spiro atoms. The van der Waals surface area contributed by atoms with Gasteiger partial charge in [-0.25, -0.2) is 9.59 Å². The third kappa shape index (κ3) is 4.90. The van der Waals surface area contributed by atoms with Gasteiger partial charge in [-0.3, -0.25) is 4.90 Å². The smallest absolute Gasteiger partial charge is 0.411 e. The Kier molecular flexibility index (Phi) is 5.54. The van der Waals surface area contributed by atoms with Crippen molar-refractivity contribution in [3.63, 3.8) is 0 Å². The van der Waals surface area contributed by atoms with E-state index in [1.165, 1.54) is 4.90 Å². The summed E-state index contributed by atoms with van der Waals surface area (Å²) in [7, 11) is 0. The normalized spacial score (nSPS) is 20.8. The van der Waals surface area contributed by atoms with E-state index in [0.717, 1.165) is 11.3 Å². The van der Waals surface area contributed by atoms with Crippen molar-refractivity contribution in [2.24, 2.45) is 0 Å². The van der Waals surface area contributed by atoms with Crippen LogP contribution in [0.3, 0.4) is 0 Å². The average Bonchev–Trinajstić information content (AvgIpc) is 2.89. The second kappa shape index (κ2) is 7.17. The number of benzene rings is 1. The van der Waals surface area contributed by atoms with Crippen molar-refractivity contribution < 1.29 is 24.2 Å². The molecule has 26 heavy (non-hydrogen) atoms. The fourth-order valence-electron chi connectivity index (χ4n) is 3.01. The van der Waals surface area contributed by atoms with Gasteiger partial charge in [-0.05, 0) is 37.8 Å². The lowest BCUT2D eigenvalue weighted by Crippen LogP contribution is -2.43. The first-order valence-corrected chi connectivity index (χ1v) is 8.87. The van der Waals surface area contributed by atoms with E-state index >= 15 is 0 Å². The van der Waals surface area contributed by atoms with Crippen LogP contribution in [-0.4, -0.2) is 46.4 Å². The number of rotatable bonds is 3. The van der Waals surface area contributed by atoms with Crippen molar-refractivity contribution in [3.05, 3.63) is 29.8 Å². The first kappa shape index (κ1) is 20.1. The second-order valence-corrected chi connectivity index (χ2v) is 8.71. The summed E-state index contributed by atoms with van der Waals surface area (Å²) in [5.74, 6) is -0.328. The maximum atomic E-state index is 12.4. The number of amides is 1. The van der Waals surface area contributed by atoms with Crippen LogP contribution < -0.4 is 4.74 Å². The third-order valence-corrected chi connectivity index (χ3v) is 4.16. The zero-order valence-electron chi connectivity index (χ0n) is 16.4. The third-order valence-electron chi connectivity index (χ3n) is 4.16. The number of para-hydroxylation sites is 1. The zero-order valence-corrected chi connectivity index (χ0v) is 16.4. The lowest BCUT2D eigenvalue weighted by atomic mass is 9.86. The van der Waals surface area contributed by atoms with Crippen molar-refractivity contribution in [1.29, 1.82) is 0 Å². The Bertz CT molecular complexity index is 672. The standard InChI is InChI=1S/C20H29NO5/c1-19(2,3)14-9-7-8-10-16(14)25-13-11-15(17(22)23)21(12-13)18(24)26-20(4,5)6/h7-10,13,15H,11-12H2,1-6H3,(H,22,23). The quantitative estimate of drug-likeness (QED) is 0.883. The number of nitrogens with zero attached hydrogens (tertiary/aromatic N) is 1. The Morgan fingerprint density at radius 3 is 2.27 bits per heavy atom. The molecule has 6 heteroatoms. The fraction of sp³-hybridized carbons (Fsp3) is 0.600. The fourth-order valence-corrected chi connectivity index (χ4v) is 3.01. The monoisotopic (exact) mass is 363 g/mol. The van der Waals surface area contributed by atoms with Crippen LogP contribution in [0.1, 0.15) is 53.5 Å². The average molecular weight is 363 g/mol. The SMILES string of the molecule is CC(C)(C)OC(=O)N1CC(Oc2ccccc2C(C)(C)C)CC1C(=O)O. The molecular weight excluding hydrogens is 334 g/mol. The summed E-state index contributed by atoms with van der Waals surface area (Å²) in [6.07, 6.45) is -0.792. The predicted octanol–water partition coefficient (Wildman–Crippen LogP) is 3.83. The van der Waals surface area contributed by atoms with E-state index in [2.05, 4.69) is 20.8 Å². The molecule has 2 rings (SSSR count). The maximum Gasteiger partial charge on any atom is 0.411 e. The van der Waals surface area contributed by atoms with Crippen LogP contribution in [0.4, 0.5) is 4.79 Å². The van der Waals surface area contributed by atoms with Gasteiger partial charge in [0.2, 0.25) is 0 Å². The van der Waals surface area contributed by atoms with Crippen molar-refractivity contribution >= 4 is 12.1 Å². The molecule has 0 radical (unpaired) electrons. The van der Waals surface area contributed by atoms with Crippen molar-refractivity contribution in [3.8, 4) is 5.75 Å². The predicted molar refractivity (Wildman–Crippen MR) is 98.5 cm³/mol. The van der Waals surface area contributed by atoms with Crippen molar-refractivity contribution in [2.75, 3.05) is 6.54 Å². The van der Waals surface area contributed by atoms with Gasteiger partial charge in [-0.15, -0.1) is 0 Å². The summed E-state index contributed by atoms with van der Waals surface area (Å²) in [6, 6.07) is 6.78. The van der Waals surface area contributed by atoms with Crippen LogP contribution in [0.15, 0.2) is 24.3 Å². The van der Waals surface area contributed by atoms with Crippen LogP contribution in [0.5, 0.6) is 5.75 Å². The maximum absolute atomic E-state index is 12.4. The van der Waals surface area contributed by atoms with E-state index in [4.69, 9.17) is 9.47 Å². The van der Waals surface area contributed by atoms with Crippen LogP contribution in [-0.2, 0) is 14.9 Å². The summed E-state index contributed by atoms with van der Waals surface area (Å²) in [4.78, 5) is 25.2. The molecule has 1 fully saturated rings. The van der Waals surface area contributed by atoms with Crippen LogP contribution in [0, 0.1) is 0 Å². The molecule has 6 nitrogen and oxygen atoms in total. The Balaban J connectivity index is 2.18. The van der Waals surface area contributed by atoms with E-state index < -0.39 is 29.8 Å². The molecule has 0 aromatic heterocycles. The highest BCUT2D eigenvalue weighted by molar-refractivity contribution is 5.81. The van der Waals surface area contributed by atoms with E-state index in [0.29, 0.717) is 0 Å². The van der Waals surface area contributed by atoms with Crippen molar-refractivity contribution in [1.82, 2.24) is 4.90 Å². The molecule has 0 saturated carbocycles. The highest BCUT2D eigenvalue weighted by Gasteiger charge is 2.43. The number of carbonyl (C=O) groups is 2. The summed E-state index contributed by atoms with van der Waals surface area (Å²) >= 11 is 0. The van der Waals surface area contributed by atoms with Crippen LogP contribution >= 0.6 is 0 Å². The first-order chi connectivity index (χ1) is 11.9. The minimum Gasteiger partial charge on any atom is -0.488 e. The minimum atomic E-state index is -1.05. The zero-order chi connectivity index (χ0) is 19.7. The van der Waals surface area contributed by atoms with Gasteiger partial charge in [0, 0.05) is 6.42 Å². The van der Waals surface area contributed by atoms with Gasteiger partial charge in [-0.2, -0.15) is 0 Å². The summed E-state index contributed by atoms with van der Waals surface area (Å²) in [6.45, 7) is 11.7. The van der Waals surface area contributed by atoms with Gasteiger partial charge in [0.1, 0.15) is 23.5 Å². The highest BCUT2D eigenvalue weighted by atomic mass is 16.6. The molecule has 1 saturated heterocycles. The Morgan fingerprint density at radius 1 is 1.12 bits per heavy atom. The number of aliphatic carboxylic acids is 1. The number of likely N-dealkylation sites (tertiary alicyclic amines) is 1. The molecule has 1 heterocycles. The van der Waals surface area contributed by atoms with Crippen LogP contribution in [0.2, 0.25) is 0 Å². The van der Waals surface area contributed by atoms with E-state index in [1.807, 2.05) is 24.3 Å².